The summed E-state index contributed by atoms with van der Waals surface area (Å²) in [6.07, 6.45) is 7.71. The van der Waals surface area contributed by atoms with Crippen molar-refractivity contribution in [1.29, 1.82) is 0 Å². The van der Waals surface area contributed by atoms with Crippen molar-refractivity contribution >= 4 is 21.8 Å². The van der Waals surface area contributed by atoms with E-state index >= 15 is 0 Å². The number of hydrogen-bond donors (Lipinski definition) is 2. The lowest BCUT2D eigenvalue weighted by Crippen LogP contribution is -2.29. The van der Waals surface area contributed by atoms with E-state index in [2.05, 4.69) is 43.5 Å². The van der Waals surface area contributed by atoms with Crippen molar-refractivity contribution in [1.82, 2.24) is 30.3 Å². The normalized spacial score (nSPS) is 15.9. The van der Waals surface area contributed by atoms with Crippen LogP contribution in [0.25, 0.3) is 33.1 Å². The van der Waals surface area contributed by atoms with Gasteiger partial charge in [0.2, 0.25) is 0 Å². The van der Waals surface area contributed by atoms with Gasteiger partial charge < -0.3 is 0 Å². The molecule has 0 bridgehead atoms. The third kappa shape index (κ3) is 2.57. The Morgan fingerprint density at radius 1 is 1.04 bits per heavy atom. The van der Waals surface area contributed by atoms with Gasteiger partial charge in [0.05, 0.1) is 29.1 Å². The van der Waals surface area contributed by atoms with E-state index in [9.17, 15) is 0 Å². The van der Waals surface area contributed by atoms with Crippen LogP contribution >= 0.6 is 0 Å². The largest absolute Gasteiger partial charge is 0.299 e. The van der Waals surface area contributed by atoms with Crippen molar-refractivity contribution in [3.63, 3.8) is 0 Å². The average molecular weight is 346 g/mol. The summed E-state index contributed by atoms with van der Waals surface area (Å²) < 4.78 is 0. The predicted molar refractivity (Wildman–Crippen MR) is 103 cm³/mol. The summed E-state index contributed by atoms with van der Waals surface area (Å²) in [6, 6.07) is 6.39. The fourth-order valence-corrected chi connectivity index (χ4v) is 4.07. The molecule has 132 valence electrons. The zero-order valence-electron chi connectivity index (χ0n) is 14.9. The van der Waals surface area contributed by atoms with Gasteiger partial charge in [0.25, 0.3) is 0 Å². The van der Waals surface area contributed by atoms with Gasteiger partial charge >= 0.3 is 0 Å². The molecule has 1 aliphatic heterocycles. The molecule has 4 aromatic rings. The second kappa shape index (κ2) is 6.21. The molecule has 1 aliphatic rings. The van der Waals surface area contributed by atoms with Gasteiger partial charge in [-0.25, -0.2) is 4.98 Å². The van der Waals surface area contributed by atoms with Crippen LogP contribution in [0, 0.1) is 6.92 Å². The van der Waals surface area contributed by atoms with Crippen molar-refractivity contribution in [2.24, 2.45) is 0 Å². The first kappa shape index (κ1) is 15.5. The molecule has 0 saturated carbocycles. The molecule has 0 atom stereocenters. The summed E-state index contributed by atoms with van der Waals surface area (Å²) in [4.78, 5) is 7.50. The molecule has 1 saturated heterocycles. The maximum atomic E-state index is 4.94. The zero-order chi connectivity index (χ0) is 17.5. The number of piperidine rings is 1. The van der Waals surface area contributed by atoms with Crippen molar-refractivity contribution in [3.8, 4) is 11.3 Å². The van der Waals surface area contributed by atoms with E-state index in [1.54, 1.807) is 0 Å². The lowest BCUT2D eigenvalue weighted by molar-refractivity contribution is 0.221. The van der Waals surface area contributed by atoms with E-state index in [4.69, 9.17) is 4.98 Å². The smallest absolute Gasteiger partial charge is 0.0747 e. The topological polar surface area (TPSA) is 73.5 Å². The van der Waals surface area contributed by atoms with E-state index in [0.717, 1.165) is 39.9 Å². The van der Waals surface area contributed by atoms with Gasteiger partial charge in [-0.15, -0.1) is 0 Å². The van der Waals surface area contributed by atoms with Crippen molar-refractivity contribution in [3.05, 3.63) is 41.9 Å². The number of aromatic nitrogens is 5. The second-order valence-corrected chi connectivity index (χ2v) is 7.20. The second-order valence-electron chi connectivity index (χ2n) is 7.20. The number of rotatable bonds is 3. The molecule has 0 amide bonds. The Morgan fingerprint density at radius 3 is 2.69 bits per heavy atom. The maximum Gasteiger partial charge on any atom is 0.0747 e. The zero-order valence-corrected chi connectivity index (χ0v) is 14.9. The van der Waals surface area contributed by atoms with Crippen LogP contribution in [-0.4, -0.2) is 43.4 Å². The van der Waals surface area contributed by atoms with Crippen LogP contribution in [-0.2, 0) is 6.54 Å². The van der Waals surface area contributed by atoms with Crippen LogP contribution in [0.2, 0.25) is 0 Å². The molecule has 1 fully saturated rings. The first-order chi connectivity index (χ1) is 12.8. The van der Waals surface area contributed by atoms with E-state index in [-0.39, 0.29) is 0 Å². The Labute approximate surface area is 151 Å². The number of nitrogens with one attached hydrogen (secondary N) is 2. The van der Waals surface area contributed by atoms with Gasteiger partial charge in [0, 0.05) is 28.6 Å². The van der Waals surface area contributed by atoms with Crippen molar-refractivity contribution in [2.45, 2.75) is 32.7 Å². The summed E-state index contributed by atoms with van der Waals surface area (Å²) in [5.41, 5.74) is 6.50. The third-order valence-corrected chi connectivity index (χ3v) is 5.42. The van der Waals surface area contributed by atoms with Gasteiger partial charge in [0.1, 0.15) is 0 Å². The molecular formula is C20H22N6. The molecule has 4 heterocycles. The van der Waals surface area contributed by atoms with Gasteiger partial charge in [-0.3, -0.25) is 15.1 Å². The van der Waals surface area contributed by atoms with Gasteiger partial charge in [-0.05, 0) is 56.6 Å². The number of nitrogens with zero attached hydrogens (tertiary/aromatic N) is 4. The molecule has 0 unspecified atom stereocenters. The minimum absolute atomic E-state index is 0.952. The highest BCUT2D eigenvalue weighted by Crippen LogP contribution is 2.31. The number of aryl methyl sites for hydroxylation is 1. The molecule has 0 aliphatic carbocycles. The number of likely N-dealkylation sites (tertiary alicyclic amines) is 1. The molecule has 3 aromatic heterocycles. The summed E-state index contributed by atoms with van der Waals surface area (Å²) >= 11 is 0. The highest BCUT2D eigenvalue weighted by atomic mass is 15.1. The molecule has 5 rings (SSSR count). The van der Waals surface area contributed by atoms with E-state index in [0.29, 0.717) is 0 Å². The summed E-state index contributed by atoms with van der Waals surface area (Å²) in [5, 5.41) is 16.9. The van der Waals surface area contributed by atoms with Crippen LogP contribution in [0.15, 0.2) is 30.6 Å². The van der Waals surface area contributed by atoms with E-state index in [1.165, 1.54) is 43.3 Å². The monoisotopic (exact) mass is 346 g/mol. The van der Waals surface area contributed by atoms with Crippen molar-refractivity contribution in [2.75, 3.05) is 13.1 Å². The van der Waals surface area contributed by atoms with Crippen LogP contribution in [0.1, 0.15) is 30.5 Å². The van der Waals surface area contributed by atoms with Crippen LogP contribution < -0.4 is 0 Å². The lowest BCUT2D eigenvalue weighted by atomic mass is 10.0. The molecule has 1 aromatic carbocycles. The molecule has 6 nitrogen and oxygen atoms in total. The van der Waals surface area contributed by atoms with Gasteiger partial charge in [-0.2, -0.15) is 10.2 Å². The quantitative estimate of drug-likeness (QED) is 0.592. The minimum Gasteiger partial charge on any atom is -0.299 e. The third-order valence-electron chi connectivity index (χ3n) is 5.42. The fourth-order valence-electron chi connectivity index (χ4n) is 4.07. The Kier molecular flexibility index (Phi) is 3.71. The summed E-state index contributed by atoms with van der Waals surface area (Å²) in [7, 11) is 0. The number of hydrogen-bond acceptors (Lipinski definition) is 4. The molecule has 6 heteroatoms. The first-order valence-electron chi connectivity index (χ1n) is 9.28. The highest BCUT2D eigenvalue weighted by molar-refractivity contribution is 6.07. The first-order valence-corrected chi connectivity index (χ1v) is 9.28. The number of fused-ring (bicyclic) bond motifs is 3. The molecule has 0 radical (unpaired) electrons. The Hall–Kier alpha value is -2.73. The number of H-pyrrole nitrogens is 2. The van der Waals surface area contributed by atoms with Crippen molar-refractivity contribution < 1.29 is 0 Å². The minimum atomic E-state index is 0.952. The Morgan fingerprint density at radius 2 is 1.88 bits per heavy atom. The van der Waals surface area contributed by atoms with Crippen LogP contribution in [0.5, 0.6) is 0 Å². The Bertz CT molecular complexity index is 1070. The Balaban J connectivity index is 1.71. The lowest BCUT2D eigenvalue weighted by Gasteiger charge is -2.27. The van der Waals surface area contributed by atoms with Gasteiger partial charge in [-0.1, -0.05) is 6.42 Å². The average Bonchev–Trinajstić information content (AvgIpc) is 3.30. The number of benzene rings is 1. The fraction of sp³-hybridized carbons (Fsp3) is 0.350. The van der Waals surface area contributed by atoms with Crippen LogP contribution in [0.3, 0.4) is 0 Å². The van der Waals surface area contributed by atoms with Gasteiger partial charge in [0.15, 0.2) is 0 Å². The predicted octanol–water partition coefficient (Wildman–Crippen LogP) is 3.80. The van der Waals surface area contributed by atoms with E-state index in [1.807, 2.05) is 19.3 Å². The molecular weight excluding hydrogens is 324 g/mol. The van der Waals surface area contributed by atoms with E-state index < -0.39 is 0 Å². The maximum absolute atomic E-state index is 4.94. The number of aromatic amines is 2. The SMILES string of the molecule is Cc1[nH]ncc1-c1cc(CN2CCCCC2)c2c(ccc3[nH]ncc32)n1. The highest BCUT2D eigenvalue weighted by Gasteiger charge is 2.17. The molecule has 0 spiro atoms. The summed E-state index contributed by atoms with van der Waals surface area (Å²) in [5.74, 6) is 0. The summed E-state index contributed by atoms with van der Waals surface area (Å²) in [6.45, 7) is 5.33. The molecule has 26 heavy (non-hydrogen) atoms. The number of pyridine rings is 1. The molecule has 2 N–H and O–H groups in total. The standard InChI is InChI=1S/C20H22N6/c1-13-15(10-21-24-13)19-9-14(12-26-7-3-2-4-8-26)20-16-11-22-25-17(16)5-6-18(20)23-19/h5-6,9-11H,2-4,7-8,12H2,1H3,(H,21,24)(H,22,25). The van der Waals surface area contributed by atoms with Crippen LogP contribution in [0.4, 0.5) is 0 Å².